The van der Waals surface area contributed by atoms with Gasteiger partial charge in [-0.1, -0.05) is 6.92 Å². The van der Waals surface area contributed by atoms with E-state index in [1.165, 1.54) is 9.75 Å². The third kappa shape index (κ3) is 5.64. The first-order valence-electron chi connectivity index (χ1n) is 5.91. The van der Waals surface area contributed by atoms with E-state index in [1.807, 2.05) is 11.3 Å². The summed E-state index contributed by atoms with van der Waals surface area (Å²) in [5.74, 6) is 0. The van der Waals surface area contributed by atoms with Crippen molar-refractivity contribution < 1.29 is 4.74 Å². The zero-order valence-corrected chi connectivity index (χ0v) is 11.6. The van der Waals surface area contributed by atoms with E-state index in [4.69, 9.17) is 4.74 Å². The maximum Gasteiger partial charge on any atom is 0.0809 e. The van der Waals surface area contributed by atoms with Gasteiger partial charge in [0, 0.05) is 28.4 Å². The predicted octanol–water partition coefficient (Wildman–Crippen LogP) is 3.56. The van der Waals surface area contributed by atoms with Crippen molar-refractivity contribution in [2.24, 2.45) is 0 Å². The molecule has 1 aromatic rings. The summed E-state index contributed by atoms with van der Waals surface area (Å²) in [4.78, 5) is 2.70. The highest BCUT2D eigenvalue weighted by Gasteiger charge is 2.09. The second-order valence-corrected chi connectivity index (χ2v) is 6.28. The lowest BCUT2D eigenvalue weighted by molar-refractivity contribution is 0.123. The zero-order valence-electron chi connectivity index (χ0n) is 10.8. The Hall–Kier alpha value is -0.380. The van der Waals surface area contributed by atoms with Gasteiger partial charge in [0.25, 0.3) is 0 Å². The molecule has 1 heterocycles. The Balaban J connectivity index is 2.33. The molecule has 2 nitrogen and oxygen atoms in total. The predicted molar refractivity (Wildman–Crippen MR) is 70.9 cm³/mol. The SMILES string of the molecule is CCCOCc1ccc(CNC(C)(C)C)s1. The minimum absolute atomic E-state index is 0.183. The molecule has 0 saturated heterocycles. The molecule has 1 rings (SSSR count). The lowest BCUT2D eigenvalue weighted by Gasteiger charge is -2.19. The van der Waals surface area contributed by atoms with Crippen molar-refractivity contribution in [2.75, 3.05) is 6.61 Å². The molecule has 0 radical (unpaired) electrons. The largest absolute Gasteiger partial charge is 0.376 e. The fourth-order valence-electron chi connectivity index (χ4n) is 1.26. The Morgan fingerprint density at radius 2 is 1.94 bits per heavy atom. The molecule has 0 saturated carbocycles. The summed E-state index contributed by atoms with van der Waals surface area (Å²) in [5, 5.41) is 3.49. The second kappa shape index (κ2) is 6.38. The van der Waals surface area contributed by atoms with Crippen LogP contribution in [0.25, 0.3) is 0 Å². The van der Waals surface area contributed by atoms with Crippen molar-refractivity contribution in [3.63, 3.8) is 0 Å². The van der Waals surface area contributed by atoms with Crippen LogP contribution in [0.15, 0.2) is 12.1 Å². The topological polar surface area (TPSA) is 21.3 Å². The van der Waals surface area contributed by atoms with Crippen molar-refractivity contribution in [1.29, 1.82) is 0 Å². The lowest BCUT2D eigenvalue weighted by Crippen LogP contribution is -2.34. The van der Waals surface area contributed by atoms with Gasteiger partial charge >= 0.3 is 0 Å². The minimum Gasteiger partial charge on any atom is -0.376 e. The van der Waals surface area contributed by atoms with Gasteiger partial charge in [-0.3, -0.25) is 0 Å². The molecule has 0 spiro atoms. The summed E-state index contributed by atoms with van der Waals surface area (Å²) >= 11 is 1.84. The van der Waals surface area contributed by atoms with Crippen molar-refractivity contribution in [3.05, 3.63) is 21.9 Å². The first kappa shape index (κ1) is 13.7. The van der Waals surface area contributed by atoms with Gasteiger partial charge in [-0.2, -0.15) is 0 Å². The summed E-state index contributed by atoms with van der Waals surface area (Å²) < 4.78 is 5.52. The molecular formula is C13H23NOS. The second-order valence-electron chi connectivity index (χ2n) is 5.02. The molecule has 0 fully saturated rings. The van der Waals surface area contributed by atoms with Crippen molar-refractivity contribution >= 4 is 11.3 Å². The van der Waals surface area contributed by atoms with Crippen LogP contribution in [0.5, 0.6) is 0 Å². The summed E-state index contributed by atoms with van der Waals surface area (Å²) in [6, 6.07) is 4.36. The summed E-state index contributed by atoms with van der Waals surface area (Å²) in [6.07, 6.45) is 1.09. The molecule has 16 heavy (non-hydrogen) atoms. The molecule has 0 amide bonds. The average Bonchev–Trinajstić information content (AvgIpc) is 2.62. The van der Waals surface area contributed by atoms with E-state index in [-0.39, 0.29) is 5.54 Å². The highest BCUT2D eigenvalue weighted by Crippen LogP contribution is 2.18. The minimum atomic E-state index is 0.183. The van der Waals surface area contributed by atoms with Crippen molar-refractivity contribution in [3.8, 4) is 0 Å². The summed E-state index contributed by atoms with van der Waals surface area (Å²) in [7, 11) is 0. The van der Waals surface area contributed by atoms with Crippen LogP contribution >= 0.6 is 11.3 Å². The molecule has 0 aromatic carbocycles. The van der Waals surface area contributed by atoms with E-state index in [1.54, 1.807) is 0 Å². The van der Waals surface area contributed by atoms with Gasteiger partial charge in [0.05, 0.1) is 6.61 Å². The number of hydrogen-bond acceptors (Lipinski definition) is 3. The number of thiophene rings is 1. The number of ether oxygens (including phenoxy) is 1. The Morgan fingerprint density at radius 1 is 1.25 bits per heavy atom. The molecule has 3 heteroatoms. The van der Waals surface area contributed by atoms with Crippen LogP contribution in [0.4, 0.5) is 0 Å². The number of rotatable bonds is 6. The highest BCUT2D eigenvalue weighted by atomic mass is 32.1. The zero-order chi connectivity index (χ0) is 12.0. The summed E-state index contributed by atoms with van der Waals surface area (Å²) in [6.45, 7) is 11.3. The molecular weight excluding hydrogens is 218 g/mol. The Kier molecular flexibility index (Phi) is 5.46. The van der Waals surface area contributed by atoms with Gasteiger partial charge in [-0.15, -0.1) is 11.3 Å². The number of hydrogen-bond donors (Lipinski definition) is 1. The van der Waals surface area contributed by atoms with Crippen LogP contribution in [0.3, 0.4) is 0 Å². The lowest BCUT2D eigenvalue weighted by atomic mass is 10.1. The maximum atomic E-state index is 5.52. The molecule has 1 N–H and O–H groups in total. The van der Waals surface area contributed by atoms with Crippen LogP contribution in [0, 0.1) is 0 Å². The van der Waals surface area contributed by atoms with E-state index < -0.39 is 0 Å². The van der Waals surface area contributed by atoms with Gasteiger partial charge in [0.2, 0.25) is 0 Å². The highest BCUT2D eigenvalue weighted by molar-refractivity contribution is 7.11. The molecule has 1 aromatic heterocycles. The Morgan fingerprint density at radius 3 is 2.56 bits per heavy atom. The van der Waals surface area contributed by atoms with Gasteiger partial charge in [-0.05, 0) is 39.3 Å². The Labute approximate surface area is 103 Å². The third-order valence-corrected chi connectivity index (χ3v) is 3.16. The van der Waals surface area contributed by atoms with Crippen LogP contribution < -0.4 is 5.32 Å². The van der Waals surface area contributed by atoms with Crippen LogP contribution in [-0.4, -0.2) is 12.1 Å². The molecule has 0 unspecified atom stereocenters. The van der Waals surface area contributed by atoms with Crippen molar-refractivity contribution in [2.45, 2.75) is 52.8 Å². The van der Waals surface area contributed by atoms with Gasteiger partial charge in [0.1, 0.15) is 0 Å². The number of nitrogens with one attached hydrogen (secondary N) is 1. The monoisotopic (exact) mass is 241 g/mol. The Bertz CT molecular complexity index is 301. The van der Waals surface area contributed by atoms with Crippen LogP contribution in [-0.2, 0) is 17.9 Å². The molecule has 0 aliphatic rings. The quantitative estimate of drug-likeness (QED) is 0.769. The molecule has 0 bridgehead atoms. The molecule has 0 aliphatic heterocycles. The fourth-order valence-corrected chi connectivity index (χ4v) is 2.16. The third-order valence-electron chi connectivity index (χ3n) is 2.10. The smallest absolute Gasteiger partial charge is 0.0809 e. The van der Waals surface area contributed by atoms with Gasteiger partial charge in [0.15, 0.2) is 0 Å². The normalized spacial score (nSPS) is 12.0. The van der Waals surface area contributed by atoms with E-state index in [0.717, 1.165) is 26.2 Å². The van der Waals surface area contributed by atoms with Crippen LogP contribution in [0.2, 0.25) is 0 Å². The van der Waals surface area contributed by atoms with Crippen LogP contribution in [0.1, 0.15) is 43.9 Å². The molecule has 0 atom stereocenters. The van der Waals surface area contributed by atoms with Gasteiger partial charge < -0.3 is 10.1 Å². The van der Waals surface area contributed by atoms with E-state index in [9.17, 15) is 0 Å². The summed E-state index contributed by atoms with van der Waals surface area (Å²) in [5.41, 5.74) is 0.183. The van der Waals surface area contributed by atoms with Crippen molar-refractivity contribution in [1.82, 2.24) is 5.32 Å². The first-order valence-corrected chi connectivity index (χ1v) is 6.73. The average molecular weight is 241 g/mol. The molecule has 0 aliphatic carbocycles. The standard InChI is InChI=1S/C13H23NOS/c1-5-8-15-10-12-7-6-11(16-12)9-14-13(2,3)4/h6-7,14H,5,8-10H2,1-4H3. The van der Waals surface area contributed by atoms with E-state index >= 15 is 0 Å². The fraction of sp³-hybridized carbons (Fsp3) is 0.692. The maximum absolute atomic E-state index is 5.52. The molecule has 92 valence electrons. The van der Waals surface area contributed by atoms with E-state index in [2.05, 4.69) is 45.1 Å². The first-order chi connectivity index (χ1) is 7.51. The van der Waals surface area contributed by atoms with Gasteiger partial charge in [-0.25, -0.2) is 0 Å². The van der Waals surface area contributed by atoms with E-state index in [0.29, 0.717) is 0 Å².